The summed E-state index contributed by atoms with van der Waals surface area (Å²) in [7, 11) is 1.96. The average Bonchev–Trinajstić information content (AvgIpc) is 2.30. The molecule has 1 N–H and O–H groups in total. The second-order valence-corrected chi connectivity index (χ2v) is 2.75. The predicted molar refractivity (Wildman–Crippen MR) is 45.5 cm³/mol. The van der Waals surface area contributed by atoms with Crippen molar-refractivity contribution in [2.45, 2.75) is 6.92 Å². The molecule has 0 radical (unpaired) electrons. The van der Waals surface area contributed by atoms with E-state index in [1.807, 2.05) is 18.7 Å². The van der Waals surface area contributed by atoms with E-state index >= 15 is 0 Å². The van der Waals surface area contributed by atoms with Gasteiger partial charge in [0, 0.05) is 19.2 Å². The molecule has 0 saturated carbocycles. The summed E-state index contributed by atoms with van der Waals surface area (Å²) in [4.78, 5) is 0. The van der Waals surface area contributed by atoms with Crippen LogP contribution in [0.4, 0.5) is 5.82 Å². The molecule has 58 valence electrons. The molecule has 0 fully saturated rings. The van der Waals surface area contributed by atoms with Gasteiger partial charge in [-0.1, -0.05) is 12.2 Å². The number of anilines is 1. The summed E-state index contributed by atoms with van der Waals surface area (Å²) in [5.74, 6) is 1.13. The molecule has 0 unspecified atom stereocenters. The van der Waals surface area contributed by atoms with Crippen LogP contribution in [0.1, 0.15) is 11.3 Å². The van der Waals surface area contributed by atoms with Crippen LogP contribution in [0.15, 0.2) is 6.08 Å². The van der Waals surface area contributed by atoms with Gasteiger partial charge in [0.15, 0.2) is 0 Å². The van der Waals surface area contributed by atoms with Crippen molar-refractivity contribution >= 4 is 11.9 Å². The van der Waals surface area contributed by atoms with E-state index in [2.05, 4.69) is 22.6 Å². The van der Waals surface area contributed by atoms with E-state index in [4.69, 9.17) is 0 Å². The average molecular weight is 149 g/mol. The molecule has 0 atom stereocenters. The molecule has 0 aliphatic carbocycles. The minimum absolute atomic E-state index is 0.909. The van der Waals surface area contributed by atoms with Crippen LogP contribution < -0.4 is 5.32 Å². The minimum atomic E-state index is 0.909. The molecule has 11 heavy (non-hydrogen) atoms. The highest BCUT2D eigenvalue weighted by Gasteiger charge is 2.11. The van der Waals surface area contributed by atoms with Gasteiger partial charge < -0.3 is 5.32 Å². The van der Waals surface area contributed by atoms with Crippen molar-refractivity contribution in [3.05, 3.63) is 17.3 Å². The second kappa shape index (κ2) is 2.12. The fraction of sp³-hybridized carbons (Fsp3) is 0.375. The van der Waals surface area contributed by atoms with E-state index < -0.39 is 0 Å². The number of nitrogens with zero attached hydrogens (tertiary/aromatic N) is 2. The first-order valence-electron chi connectivity index (χ1n) is 3.73. The molecule has 0 bridgehead atoms. The number of aromatic nitrogens is 2. The van der Waals surface area contributed by atoms with Gasteiger partial charge >= 0.3 is 0 Å². The van der Waals surface area contributed by atoms with Gasteiger partial charge in [-0.3, -0.25) is 4.68 Å². The lowest BCUT2D eigenvalue weighted by molar-refractivity contribution is 0.761. The van der Waals surface area contributed by atoms with Crippen molar-refractivity contribution in [2.24, 2.45) is 7.05 Å². The Morgan fingerprint density at radius 1 is 1.64 bits per heavy atom. The second-order valence-electron chi connectivity index (χ2n) is 2.75. The van der Waals surface area contributed by atoms with Crippen molar-refractivity contribution in [1.29, 1.82) is 0 Å². The molecule has 3 nitrogen and oxygen atoms in total. The molecular formula is C8H11N3. The Hall–Kier alpha value is -1.25. The summed E-state index contributed by atoms with van der Waals surface area (Å²) in [6.07, 6.45) is 4.23. The summed E-state index contributed by atoms with van der Waals surface area (Å²) >= 11 is 0. The van der Waals surface area contributed by atoms with E-state index in [9.17, 15) is 0 Å². The number of hydrogen-bond donors (Lipinski definition) is 1. The van der Waals surface area contributed by atoms with Crippen LogP contribution in [-0.4, -0.2) is 16.3 Å². The molecule has 0 amide bonds. The summed E-state index contributed by atoms with van der Waals surface area (Å²) in [6, 6.07) is 0. The summed E-state index contributed by atoms with van der Waals surface area (Å²) in [5.41, 5.74) is 2.31. The third-order valence-electron chi connectivity index (χ3n) is 1.94. The van der Waals surface area contributed by atoms with Gasteiger partial charge in [0.2, 0.25) is 0 Å². The smallest absolute Gasteiger partial charge is 0.131 e. The van der Waals surface area contributed by atoms with Crippen molar-refractivity contribution in [3.8, 4) is 0 Å². The van der Waals surface area contributed by atoms with Crippen LogP contribution in [0.25, 0.3) is 6.08 Å². The lowest BCUT2D eigenvalue weighted by Crippen LogP contribution is -2.07. The van der Waals surface area contributed by atoms with Gasteiger partial charge in [-0.15, -0.1) is 0 Å². The van der Waals surface area contributed by atoms with Gasteiger partial charge in [-0.25, -0.2) is 0 Å². The zero-order valence-electron chi connectivity index (χ0n) is 6.76. The van der Waals surface area contributed by atoms with Crippen LogP contribution in [0.5, 0.6) is 0 Å². The van der Waals surface area contributed by atoms with Gasteiger partial charge in [0.05, 0.1) is 5.69 Å². The highest BCUT2D eigenvalue weighted by atomic mass is 15.3. The maximum atomic E-state index is 4.30. The van der Waals surface area contributed by atoms with Crippen LogP contribution in [0.3, 0.4) is 0 Å². The van der Waals surface area contributed by atoms with Crippen molar-refractivity contribution < 1.29 is 0 Å². The van der Waals surface area contributed by atoms with Gasteiger partial charge in [0.25, 0.3) is 0 Å². The molecule has 0 aromatic carbocycles. The fourth-order valence-corrected chi connectivity index (χ4v) is 1.42. The first-order chi connectivity index (χ1) is 5.29. The number of nitrogens with one attached hydrogen (secondary N) is 1. The van der Waals surface area contributed by atoms with Crippen LogP contribution in [0, 0.1) is 6.92 Å². The standard InChI is InChI=1S/C8H11N3/c1-6-7-4-3-5-9-8(7)11(2)10-6/h3-4,9H,5H2,1-2H3. The molecule has 3 heteroatoms. The number of hydrogen-bond acceptors (Lipinski definition) is 2. The van der Waals surface area contributed by atoms with Gasteiger partial charge in [-0.2, -0.15) is 5.10 Å². The van der Waals surface area contributed by atoms with E-state index in [1.165, 1.54) is 5.56 Å². The third-order valence-corrected chi connectivity index (χ3v) is 1.94. The number of rotatable bonds is 0. The summed E-state index contributed by atoms with van der Waals surface area (Å²) in [5, 5.41) is 7.56. The predicted octanol–water partition coefficient (Wildman–Crippen LogP) is 1.17. The van der Waals surface area contributed by atoms with Gasteiger partial charge in [0.1, 0.15) is 5.82 Å². The normalized spacial score (nSPS) is 14.4. The Balaban J connectivity index is 2.63. The van der Waals surface area contributed by atoms with Crippen molar-refractivity contribution in [1.82, 2.24) is 9.78 Å². The monoisotopic (exact) mass is 149 g/mol. The molecule has 2 rings (SSSR count). The zero-order valence-corrected chi connectivity index (χ0v) is 6.76. The Morgan fingerprint density at radius 3 is 3.18 bits per heavy atom. The Labute approximate surface area is 65.7 Å². The molecule has 1 aliphatic heterocycles. The lowest BCUT2D eigenvalue weighted by Gasteiger charge is -2.09. The highest BCUT2D eigenvalue weighted by Crippen LogP contribution is 2.22. The van der Waals surface area contributed by atoms with Gasteiger partial charge in [-0.05, 0) is 6.92 Å². The zero-order chi connectivity index (χ0) is 7.84. The largest absolute Gasteiger partial charge is 0.366 e. The number of fused-ring (bicyclic) bond motifs is 1. The lowest BCUT2D eigenvalue weighted by atomic mass is 10.2. The van der Waals surface area contributed by atoms with E-state index in [1.54, 1.807) is 0 Å². The maximum absolute atomic E-state index is 4.30. The Kier molecular flexibility index (Phi) is 1.24. The fourth-order valence-electron chi connectivity index (χ4n) is 1.42. The first kappa shape index (κ1) is 6.46. The van der Waals surface area contributed by atoms with Crippen molar-refractivity contribution in [2.75, 3.05) is 11.9 Å². The first-order valence-corrected chi connectivity index (χ1v) is 3.73. The molecular weight excluding hydrogens is 138 g/mol. The quantitative estimate of drug-likeness (QED) is 0.600. The SMILES string of the molecule is Cc1nn(C)c2c1C=CCN2. The maximum Gasteiger partial charge on any atom is 0.131 e. The van der Waals surface area contributed by atoms with E-state index in [-0.39, 0.29) is 0 Å². The highest BCUT2D eigenvalue weighted by molar-refractivity contribution is 5.68. The summed E-state index contributed by atoms with van der Waals surface area (Å²) in [6.45, 7) is 2.93. The molecule has 0 spiro atoms. The van der Waals surface area contributed by atoms with Crippen molar-refractivity contribution in [3.63, 3.8) is 0 Å². The van der Waals surface area contributed by atoms with E-state index in [0.29, 0.717) is 0 Å². The van der Waals surface area contributed by atoms with E-state index in [0.717, 1.165) is 18.1 Å². The Morgan fingerprint density at radius 2 is 2.45 bits per heavy atom. The minimum Gasteiger partial charge on any atom is -0.366 e. The molecule has 1 aliphatic rings. The topological polar surface area (TPSA) is 29.9 Å². The molecule has 1 aromatic rings. The molecule has 1 aromatic heterocycles. The molecule has 0 saturated heterocycles. The van der Waals surface area contributed by atoms with Crippen LogP contribution in [0.2, 0.25) is 0 Å². The molecule has 2 heterocycles. The third kappa shape index (κ3) is 0.843. The van der Waals surface area contributed by atoms with Crippen LogP contribution in [-0.2, 0) is 7.05 Å². The van der Waals surface area contributed by atoms with Crippen LogP contribution >= 0.6 is 0 Å². The number of aryl methyl sites for hydroxylation is 2. The summed E-state index contributed by atoms with van der Waals surface area (Å²) < 4.78 is 1.88. The Bertz CT molecular complexity index is 309.